The number of ether oxygens (including phenoxy) is 3. The Bertz CT molecular complexity index is 458. The highest BCUT2D eigenvalue weighted by molar-refractivity contribution is 6.48. The summed E-state index contributed by atoms with van der Waals surface area (Å²) in [6, 6.07) is 0. The van der Waals surface area contributed by atoms with Gasteiger partial charge >= 0.3 is 5.97 Å². The molecule has 0 saturated carbocycles. The zero-order valence-corrected chi connectivity index (χ0v) is 18.8. The van der Waals surface area contributed by atoms with Gasteiger partial charge in [0.1, 0.15) is 0 Å². The Morgan fingerprint density at radius 3 is 2.58 bits per heavy atom. The number of unbranched alkanes of at least 4 members (excludes halogenated alkanes) is 1. The van der Waals surface area contributed by atoms with Crippen molar-refractivity contribution >= 4 is 15.0 Å². The first-order chi connectivity index (χ1) is 12.1. The average molecular weight is 387 g/mol. The van der Waals surface area contributed by atoms with Crippen molar-refractivity contribution in [2.75, 3.05) is 20.3 Å². The number of carbonyl (C=O) groups is 1. The molecule has 3 atom stereocenters. The molecule has 6 heteroatoms. The van der Waals surface area contributed by atoms with Crippen molar-refractivity contribution in [2.45, 2.75) is 78.4 Å². The third-order valence-corrected chi connectivity index (χ3v) is 5.36. The third kappa shape index (κ3) is 8.33. The van der Waals surface area contributed by atoms with Gasteiger partial charge in [-0.25, -0.2) is 0 Å². The second-order valence-electron chi connectivity index (χ2n) is 8.64. The number of carbonyl (C=O) groups excluding carboxylic acids is 1. The standard InChI is InChI=1S/C20H38O5Si/c1-19(2,3)18-16(12-10-8-9-11-13-17(21)22-5)14-23-20(4,25-18)15-24-26(6)7/h8,10,16,18,26H,9,11-15H2,1-7H3. The van der Waals surface area contributed by atoms with Gasteiger partial charge in [-0.3, -0.25) is 4.79 Å². The summed E-state index contributed by atoms with van der Waals surface area (Å²) in [5.41, 5.74) is 0.0314. The maximum absolute atomic E-state index is 11.1. The van der Waals surface area contributed by atoms with Gasteiger partial charge in [-0.1, -0.05) is 32.9 Å². The molecule has 5 nitrogen and oxygen atoms in total. The first-order valence-electron chi connectivity index (χ1n) is 9.72. The van der Waals surface area contributed by atoms with Crippen LogP contribution in [0.15, 0.2) is 12.2 Å². The molecule has 26 heavy (non-hydrogen) atoms. The highest BCUT2D eigenvalue weighted by atomic mass is 28.3. The van der Waals surface area contributed by atoms with E-state index in [2.05, 4.69) is 50.8 Å². The molecule has 1 fully saturated rings. The van der Waals surface area contributed by atoms with Crippen molar-refractivity contribution in [1.82, 2.24) is 0 Å². The summed E-state index contributed by atoms with van der Waals surface area (Å²) < 4.78 is 23.0. The summed E-state index contributed by atoms with van der Waals surface area (Å²) in [5, 5.41) is 0. The highest BCUT2D eigenvalue weighted by Gasteiger charge is 2.44. The Morgan fingerprint density at radius 1 is 1.31 bits per heavy atom. The van der Waals surface area contributed by atoms with E-state index in [1.807, 2.05) is 6.92 Å². The molecule has 0 amide bonds. The van der Waals surface area contributed by atoms with E-state index in [9.17, 15) is 4.79 Å². The van der Waals surface area contributed by atoms with Crippen LogP contribution in [0.1, 0.15) is 53.4 Å². The second kappa shape index (κ2) is 10.6. The molecule has 1 aliphatic heterocycles. The van der Waals surface area contributed by atoms with Crippen LogP contribution in [0.5, 0.6) is 0 Å². The maximum Gasteiger partial charge on any atom is 0.305 e. The Morgan fingerprint density at radius 2 is 2.00 bits per heavy atom. The quantitative estimate of drug-likeness (QED) is 0.259. The van der Waals surface area contributed by atoms with Crippen LogP contribution in [-0.2, 0) is 23.4 Å². The molecule has 0 N–H and O–H groups in total. The first kappa shape index (κ1) is 23.3. The Kier molecular flexibility index (Phi) is 9.51. The summed E-state index contributed by atoms with van der Waals surface area (Å²) in [6.45, 7) is 14.1. The second-order valence-corrected chi connectivity index (χ2v) is 11.1. The van der Waals surface area contributed by atoms with Crippen LogP contribution in [0.3, 0.4) is 0 Å². The Hall–Kier alpha value is -0.693. The zero-order chi connectivity index (χ0) is 19.8. The van der Waals surface area contributed by atoms with Gasteiger partial charge < -0.3 is 18.6 Å². The molecule has 1 aliphatic rings. The molecule has 0 spiro atoms. The molecule has 1 heterocycles. The molecule has 152 valence electrons. The van der Waals surface area contributed by atoms with Gasteiger partial charge in [-0.15, -0.1) is 0 Å². The summed E-state index contributed by atoms with van der Waals surface area (Å²) in [6.07, 6.45) is 7.52. The lowest BCUT2D eigenvalue weighted by molar-refractivity contribution is -0.327. The zero-order valence-electron chi connectivity index (χ0n) is 17.7. The number of hydrogen-bond donors (Lipinski definition) is 0. The smallest absolute Gasteiger partial charge is 0.305 e. The molecule has 0 bridgehead atoms. The Balaban J connectivity index is 2.56. The van der Waals surface area contributed by atoms with Crippen LogP contribution in [-0.4, -0.2) is 47.2 Å². The van der Waals surface area contributed by atoms with Crippen LogP contribution >= 0.6 is 0 Å². The number of hydrogen-bond acceptors (Lipinski definition) is 5. The maximum atomic E-state index is 11.1. The van der Waals surface area contributed by atoms with Crippen LogP contribution < -0.4 is 0 Å². The highest BCUT2D eigenvalue weighted by Crippen LogP contribution is 2.38. The molecular weight excluding hydrogens is 348 g/mol. The van der Waals surface area contributed by atoms with Crippen molar-refractivity contribution in [2.24, 2.45) is 11.3 Å². The lowest BCUT2D eigenvalue weighted by Gasteiger charge is -2.47. The summed E-state index contributed by atoms with van der Waals surface area (Å²) in [7, 11) is 0.320. The van der Waals surface area contributed by atoms with E-state index in [-0.39, 0.29) is 17.5 Å². The minimum Gasteiger partial charge on any atom is -0.469 e. The minimum atomic E-state index is -1.11. The van der Waals surface area contributed by atoms with E-state index >= 15 is 0 Å². The molecule has 0 radical (unpaired) electrons. The monoisotopic (exact) mass is 386 g/mol. The SMILES string of the molecule is COC(=O)CCCC=CCC1COC(C)(CO[SiH](C)C)OC1C(C)(C)C. The van der Waals surface area contributed by atoms with E-state index < -0.39 is 14.8 Å². The fraction of sp³-hybridized carbons (Fsp3) is 0.850. The predicted octanol–water partition coefficient (Wildman–Crippen LogP) is 4.07. The van der Waals surface area contributed by atoms with Crippen molar-refractivity contribution in [3.63, 3.8) is 0 Å². The normalized spacial score (nSPS) is 27.2. The van der Waals surface area contributed by atoms with Crippen molar-refractivity contribution in [3.8, 4) is 0 Å². The molecule has 3 unspecified atom stereocenters. The van der Waals surface area contributed by atoms with Gasteiger partial charge in [0.05, 0.1) is 26.4 Å². The molecular formula is C20H38O5Si. The fourth-order valence-corrected chi connectivity index (χ4v) is 3.73. The van der Waals surface area contributed by atoms with Crippen LogP contribution in [0.25, 0.3) is 0 Å². The first-order valence-corrected chi connectivity index (χ1v) is 12.5. The van der Waals surface area contributed by atoms with Gasteiger partial charge in [0.25, 0.3) is 0 Å². The van der Waals surface area contributed by atoms with Gasteiger partial charge in [-0.2, -0.15) is 0 Å². The molecule has 0 aromatic carbocycles. The number of allylic oxidation sites excluding steroid dienone is 2. The molecule has 1 saturated heterocycles. The van der Waals surface area contributed by atoms with Gasteiger partial charge in [0.2, 0.25) is 0 Å². The van der Waals surface area contributed by atoms with Gasteiger partial charge in [0.15, 0.2) is 14.8 Å². The van der Waals surface area contributed by atoms with Crippen LogP contribution in [0.2, 0.25) is 13.1 Å². The summed E-state index contributed by atoms with van der Waals surface area (Å²) in [4.78, 5) is 11.1. The summed E-state index contributed by atoms with van der Waals surface area (Å²) >= 11 is 0. The van der Waals surface area contributed by atoms with E-state index in [1.165, 1.54) is 7.11 Å². The number of methoxy groups -OCH3 is 1. The molecule has 0 aliphatic carbocycles. The van der Waals surface area contributed by atoms with Crippen molar-refractivity contribution in [1.29, 1.82) is 0 Å². The van der Waals surface area contributed by atoms with Crippen LogP contribution in [0.4, 0.5) is 0 Å². The van der Waals surface area contributed by atoms with Gasteiger partial charge in [0, 0.05) is 12.3 Å². The lowest BCUT2D eigenvalue weighted by Crippen LogP contribution is -2.54. The number of esters is 1. The molecule has 0 aromatic heterocycles. The van der Waals surface area contributed by atoms with E-state index in [0.717, 1.165) is 19.3 Å². The van der Waals surface area contributed by atoms with Gasteiger partial charge in [-0.05, 0) is 44.7 Å². The fourth-order valence-electron chi connectivity index (χ4n) is 3.09. The molecule has 1 rings (SSSR count). The number of rotatable bonds is 9. The lowest BCUT2D eigenvalue weighted by atomic mass is 9.79. The Labute approximate surface area is 161 Å². The van der Waals surface area contributed by atoms with E-state index in [4.69, 9.17) is 13.9 Å². The average Bonchev–Trinajstić information content (AvgIpc) is 2.56. The van der Waals surface area contributed by atoms with E-state index in [0.29, 0.717) is 25.6 Å². The largest absolute Gasteiger partial charge is 0.469 e. The van der Waals surface area contributed by atoms with Crippen molar-refractivity contribution < 1.29 is 23.4 Å². The third-order valence-electron chi connectivity index (χ3n) is 4.52. The summed E-state index contributed by atoms with van der Waals surface area (Å²) in [5.74, 6) is -0.488. The van der Waals surface area contributed by atoms with Crippen molar-refractivity contribution in [3.05, 3.63) is 12.2 Å². The van der Waals surface area contributed by atoms with Crippen LogP contribution in [0, 0.1) is 11.3 Å². The topological polar surface area (TPSA) is 54.0 Å². The molecule has 0 aromatic rings. The minimum absolute atomic E-state index is 0.0314. The van der Waals surface area contributed by atoms with E-state index in [1.54, 1.807) is 0 Å². The predicted molar refractivity (Wildman–Crippen MR) is 107 cm³/mol.